The molecule has 3 rings (SSSR count). The lowest BCUT2D eigenvalue weighted by atomic mass is 10.4. The third-order valence-electron chi connectivity index (χ3n) is 2.50. The number of aryl methyl sites for hydroxylation is 1. The van der Waals surface area contributed by atoms with Crippen LogP contribution in [0.1, 0.15) is 15.4 Å². The van der Waals surface area contributed by atoms with E-state index in [1.165, 1.54) is 34.0 Å². The van der Waals surface area contributed by atoms with Gasteiger partial charge in [-0.15, -0.1) is 34.0 Å². The number of rotatable bonds is 3. The molecule has 0 aromatic carbocycles. The van der Waals surface area contributed by atoms with E-state index in [-0.39, 0.29) is 5.91 Å². The Morgan fingerprint density at radius 2 is 2.20 bits per heavy atom. The molecule has 0 aliphatic carbocycles. The maximum absolute atomic E-state index is 12.1. The molecule has 8 heteroatoms. The third-order valence-corrected chi connectivity index (χ3v) is 5.44. The Labute approximate surface area is 132 Å². The molecular formula is C12H8ClN3OS3. The van der Waals surface area contributed by atoms with E-state index >= 15 is 0 Å². The van der Waals surface area contributed by atoms with Crippen LogP contribution in [0.5, 0.6) is 0 Å². The number of thiophene rings is 1. The van der Waals surface area contributed by atoms with Gasteiger partial charge >= 0.3 is 0 Å². The minimum Gasteiger partial charge on any atom is -0.297 e. The summed E-state index contributed by atoms with van der Waals surface area (Å²) in [5.74, 6) is -0.171. The Bertz CT molecular complexity index is 761. The van der Waals surface area contributed by atoms with Crippen LogP contribution in [-0.4, -0.2) is 15.9 Å². The number of hydrogen-bond acceptors (Lipinski definition) is 6. The van der Waals surface area contributed by atoms with Crippen molar-refractivity contribution in [2.24, 2.45) is 0 Å². The summed E-state index contributed by atoms with van der Waals surface area (Å²) < 4.78 is 0.721. The van der Waals surface area contributed by atoms with Gasteiger partial charge in [-0.25, -0.2) is 9.97 Å². The van der Waals surface area contributed by atoms with Gasteiger partial charge < -0.3 is 0 Å². The highest BCUT2D eigenvalue weighted by Gasteiger charge is 2.14. The summed E-state index contributed by atoms with van der Waals surface area (Å²) in [6.45, 7) is 1.81. The molecule has 0 aliphatic rings. The maximum atomic E-state index is 12.1. The second-order valence-electron chi connectivity index (χ2n) is 3.86. The average Bonchev–Trinajstić information content (AvgIpc) is 3.10. The van der Waals surface area contributed by atoms with Crippen LogP contribution in [0.3, 0.4) is 0 Å². The first kappa shape index (κ1) is 13.7. The van der Waals surface area contributed by atoms with Crippen molar-refractivity contribution in [1.29, 1.82) is 0 Å². The third kappa shape index (κ3) is 2.76. The molecule has 3 aromatic rings. The minimum absolute atomic E-state index is 0.171. The molecule has 0 aliphatic heterocycles. The fourth-order valence-electron chi connectivity index (χ4n) is 1.57. The Morgan fingerprint density at radius 1 is 1.35 bits per heavy atom. The van der Waals surface area contributed by atoms with Gasteiger partial charge in [0.25, 0.3) is 5.91 Å². The van der Waals surface area contributed by atoms with Crippen molar-refractivity contribution in [3.05, 3.63) is 37.9 Å². The first-order valence-electron chi connectivity index (χ1n) is 5.56. The van der Waals surface area contributed by atoms with Gasteiger partial charge in [0.1, 0.15) is 4.88 Å². The standard InChI is InChI=1S/C12H8ClN3OS3/c1-6-10(19-5-14-6)11(17)16-12-15-7(4-18-12)8-2-3-9(13)20-8/h2-5H,1H3,(H,15,16,17). The van der Waals surface area contributed by atoms with Crippen molar-refractivity contribution >= 4 is 56.7 Å². The first-order valence-corrected chi connectivity index (χ1v) is 8.51. The van der Waals surface area contributed by atoms with Crippen LogP contribution in [0, 0.1) is 6.92 Å². The Kier molecular flexibility index (Phi) is 3.84. The average molecular weight is 342 g/mol. The number of anilines is 1. The molecule has 3 heterocycles. The van der Waals surface area contributed by atoms with Gasteiger partial charge in [0.15, 0.2) is 5.13 Å². The lowest BCUT2D eigenvalue weighted by Gasteiger charge is -1.98. The summed E-state index contributed by atoms with van der Waals surface area (Å²) in [6.07, 6.45) is 0. The Balaban J connectivity index is 1.78. The number of halogens is 1. The molecule has 1 amide bonds. The molecule has 4 nitrogen and oxygen atoms in total. The summed E-state index contributed by atoms with van der Waals surface area (Å²) in [5.41, 5.74) is 3.21. The number of hydrogen-bond donors (Lipinski definition) is 1. The van der Waals surface area contributed by atoms with Crippen molar-refractivity contribution in [2.45, 2.75) is 6.92 Å². The van der Waals surface area contributed by atoms with Crippen molar-refractivity contribution in [3.8, 4) is 10.6 Å². The summed E-state index contributed by atoms with van der Waals surface area (Å²) in [4.78, 5) is 22.1. The van der Waals surface area contributed by atoms with E-state index in [0.29, 0.717) is 10.0 Å². The van der Waals surface area contributed by atoms with Crippen molar-refractivity contribution in [1.82, 2.24) is 9.97 Å². The molecule has 1 N–H and O–H groups in total. The zero-order valence-corrected chi connectivity index (χ0v) is 13.4. The van der Waals surface area contributed by atoms with Gasteiger partial charge in [0, 0.05) is 5.38 Å². The number of nitrogens with one attached hydrogen (secondary N) is 1. The lowest BCUT2D eigenvalue weighted by Crippen LogP contribution is -2.11. The number of thiazole rings is 2. The summed E-state index contributed by atoms with van der Waals surface area (Å²) in [7, 11) is 0. The predicted molar refractivity (Wildman–Crippen MR) is 85.2 cm³/mol. The second-order valence-corrected chi connectivity index (χ2v) is 7.29. The number of nitrogens with zero attached hydrogens (tertiary/aromatic N) is 2. The van der Waals surface area contributed by atoms with E-state index in [9.17, 15) is 4.79 Å². The lowest BCUT2D eigenvalue weighted by molar-refractivity contribution is 0.103. The maximum Gasteiger partial charge on any atom is 0.269 e. The highest BCUT2D eigenvalue weighted by atomic mass is 35.5. The zero-order chi connectivity index (χ0) is 14.1. The number of aromatic nitrogens is 2. The van der Waals surface area contributed by atoms with Gasteiger partial charge in [-0.05, 0) is 19.1 Å². The first-order chi connectivity index (χ1) is 9.63. The molecule has 0 bridgehead atoms. The fraction of sp³-hybridized carbons (Fsp3) is 0.0833. The van der Waals surface area contributed by atoms with Crippen LogP contribution < -0.4 is 5.32 Å². The van der Waals surface area contributed by atoms with Gasteiger partial charge in [-0.2, -0.15) is 0 Å². The number of amides is 1. The normalized spacial score (nSPS) is 10.7. The molecule has 20 heavy (non-hydrogen) atoms. The molecule has 0 radical (unpaired) electrons. The molecule has 0 atom stereocenters. The van der Waals surface area contributed by atoms with E-state index in [0.717, 1.165) is 20.6 Å². The number of carbonyl (C=O) groups is 1. The Hall–Kier alpha value is -1.28. The van der Waals surface area contributed by atoms with Crippen LogP contribution in [0.2, 0.25) is 4.34 Å². The summed E-state index contributed by atoms with van der Waals surface area (Å²) in [6, 6.07) is 3.75. The zero-order valence-electron chi connectivity index (χ0n) is 10.2. The highest BCUT2D eigenvalue weighted by molar-refractivity contribution is 7.20. The van der Waals surface area contributed by atoms with Gasteiger partial charge in [-0.1, -0.05) is 11.6 Å². The van der Waals surface area contributed by atoms with E-state index in [1.807, 2.05) is 24.4 Å². The summed E-state index contributed by atoms with van der Waals surface area (Å²) in [5, 5.41) is 5.26. The predicted octanol–water partition coefficient (Wildman–Crippen LogP) is 4.54. The van der Waals surface area contributed by atoms with E-state index in [4.69, 9.17) is 11.6 Å². The molecule has 0 fully saturated rings. The van der Waals surface area contributed by atoms with Gasteiger partial charge in [0.2, 0.25) is 0 Å². The van der Waals surface area contributed by atoms with Crippen molar-refractivity contribution in [2.75, 3.05) is 5.32 Å². The van der Waals surface area contributed by atoms with Crippen LogP contribution in [-0.2, 0) is 0 Å². The number of carbonyl (C=O) groups excluding carboxylic acids is 1. The molecule has 3 aromatic heterocycles. The Morgan fingerprint density at radius 3 is 2.85 bits per heavy atom. The quantitative estimate of drug-likeness (QED) is 0.760. The van der Waals surface area contributed by atoms with E-state index < -0.39 is 0 Å². The monoisotopic (exact) mass is 341 g/mol. The second kappa shape index (κ2) is 5.61. The van der Waals surface area contributed by atoms with Gasteiger partial charge in [-0.3, -0.25) is 10.1 Å². The van der Waals surface area contributed by atoms with Crippen molar-refractivity contribution in [3.63, 3.8) is 0 Å². The molecule has 0 spiro atoms. The summed E-state index contributed by atoms with van der Waals surface area (Å²) >= 11 is 10.1. The largest absolute Gasteiger partial charge is 0.297 e. The topological polar surface area (TPSA) is 54.9 Å². The smallest absolute Gasteiger partial charge is 0.269 e. The molecule has 102 valence electrons. The SMILES string of the molecule is Cc1ncsc1C(=O)Nc1nc(-c2ccc(Cl)s2)cs1. The van der Waals surface area contributed by atoms with E-state index in [1.54, 1.807) is 5.51 Å². The van der Waals surface area contributed by atoms with E-state index in [2.05, 4.69) is 15.3 Å². The van der Waals surface area contributed by atoms with Crippen LogP contribution >= 0.6 is 45.6 Å². The fourth-order valence-corrected chi connectivity index (χ4v) is 4.05. The highest BCUT2D eigenvalue weighted by Crippen LogP contribution is 2.33. The molecule has 0 saturated carbocycles. The van der Waals surface area contributed by atoms with Gasteiger partial charge in [0.05, 0.1) is 26.1 Å². The molecule has 0 unspecified atom stereocenters. The van der Waals surface area contributed by atoms with Crippen LogP contribution in [0.4, 0.5) is 5.13 Å². The minimum atomic E-state index is -0.171. The molecule has 0 saturated heterocycles. The van der Waals surface area contributed by atoms with Crippen molar-refractivity contribution < 1.29 is 4.79 Å². The van der Waals surface area contributed by atoms with Crippen LogP contribution in [0.15, 0.2) is 23.0 Å². The molecular weight excluding hydrogens is 334 g/mol. The van der Waals surface area contributed by atoms with Crippen LogP contribution in [0.25, 0.3) is 10.6 Å².